The van der Waals surface area contributed by atoms with Crippen LogP contribution in [0.1, 0.15) is 61.7 Å². The van der Waals surface area contributed by atoms with E-state index in [2.05, 4.69) is 15.6 Å². The molecule has 1 aromatic rings. The molecule has 4 bridgehead atoms. The van der Waals surface area contributed by atoms with Gasteiger partial charge in [-0.3, -0.25) is 4.79 Å². The van der Waals surface area contributed by atoms with Crippen molar-refractivity contribution in [1.29, 1.82) is 0 Å². The van der Waals surface area contributed by atoms with Gasteiger partial charge in [0.1, 0.15) is 35.4 Å². The lowest BCUT2D eigenvalue weighted by molar-refractivity contribution is -0.424. The maximum atomic E-state index is 14.1. The third-order valence-corrected chi connectivity index (χ3v) is 8.38. The van der Waals surface area contributed by atoms with Crippen molar-refractivity contribution in [2.24, 2.45) is 28.2 Å². The number of benzene rings is 1. The van der Waals surface area contributed by atoms with Crippen molar-refractivity contribution < 1.29 is 22.9 Å². The van der Waals surface area contributed by atoms with Gasteiger partial charge in [0.05, 0.1) is 0 Å². The molecule has 34 heavy (non-hydrogen) atoms. The summed E-state index contributed by atoms with van der Waals surface area (Å²) >= 11 is 0. The predicted octanol–water partition coefficient (Wildman–Crippen LogP) is 3.53. The first kappa shape index (κ1) is 21.6. The van der Waals surface area contributed by atoms with Gasteiger partial charge >= 0.3 is 5.91 Å². The van der Waals surface area contributed by atoms with Gasteiger partial charge in [0.2, 0.25) is 5.91 Å². The van der Waals surface area contributed by atoms with Crippen LogP contribution in [0.25, 0.3) is 0 Å². The molecule has 6 nitrogen and oxygen atoms in total. The molecule has 4 aliphatic carbocycles. The highest BCUT2D eigenvalue weighted by Crippen LogP contribution is 2.61. The molecule has 2 heterocycles. The van der Waals surface area contributed by atoms with Crippen LogP contribution in [0.3, 0.4) is 0 Å². The number of aliphatic imine (C=N–C) groups is 1. The summed E-state index contributed by atoms with van der Waals surface area (Å²) in [5.74, 6) is 0.958. The number of rotatable bonds is 3. The summed E-state index contributed by atoms with van der Waals surface area (Å²) < 4.78 is 29.0. The lowest BCUT2D eigenvalue weighted by Crippen LogP contribution is -2.49. The summed E-state index contributed by atoms with van der Waals surface area (Å²) in [7, 11) is 0. The fourth-order valence-corrected chi connectivity index (χ4v) is 7.48. The molecule has 0 aromatic heterocycles. The lowest BCUT2D eigenvalue weighted by atomic mass is 9.49. The minimum absolute atomic E-state index is 0.0230. The smallest absolute Gasteiger partial charge is 0.361 e. The minimum atomic E-state index is -0.754. The molecular weight excluding hydrogens is 438 g/mol. The van der Waals surface area contributed by atoms with E-state index in [1.54, 1.807) is 6.21 Å². The summed E-state index contributed by atoms with van der Waals surface area (Å²) in [4.78, 5) is 30.4. The number of carbonyl (C=O) groups excluding carboxylic acids is 2. The molecule has 7 rings (SSSR count). The topological polar surface area (TPSA) is 73.6 Å². The summed E-state index contributed by atoms with van der Waals surface area (Å²) in [5.41, 5.74) is 1.37. The average Bonchev–Trinajstić information content (AvgIpc) is 2.78. The van der Waals surface area contributed by atoms with E-state index in [1.807, 2.05) is 0 Å². The molecule has 0 spiro atoms. The molecule has 4 fully saturated rings. The largest absolute Gasteiger partial charge is 0.422 e. The normalized spacial score (nSPS) is 31.4. The molecule has 4 saturated carbocycles. The molecule has 2 aliphatic heterocycles. The number of nitrogens with one attached hydrogen (secondary N) is 2. The van der Waals surface area contributed by atoms with Crippen LogP contribution in [0, 0.1) is 34.8 Å². The SMILES string of the molecule is O=C(CC12CC3CC(CC(C3)C1)C2)NC1=NCNC2=C1CC[N+](C(=O)c1cc(F)ccc1F)=C2. The van der Waals surface area contributed by atoms with Gasteiger partial charge in [-0.15, -0.1) is 0 Å². The Labute approximate surface area is 197 Å². The standard InChI is InChI=1S/C26H28F2N4O2/c27-18-1-2-21(28)20(8-18)25(34)32-4-3-19-22(13-32)29-14-30-24(19)31-23(33)12-26-9-15-5-16(10-26)7-17(6-15)11-26/h1-2,8,13,15-17H,3-7,9-12,14H2,(H-,29,30,31,33)/p+1. The quantitative estimate of drug-likeness (QED) is 0.668. The second-order valence-electron chi connectivity index (χ2n) is 10.9. The van der Waals surface area contributed by atoms with E-state index in [9.17, 15) is 18.4 Å². The zero-order valence-electron chi connectivity index (χ0n) is 19.1. The van der Waals surface area contributed by atoms with Crippen molar-refractivity contribution in [2.75, 3.05) is 13.2 Å². The first-order chi connectivity index (χ1) is 16.4. The van der Waals surface area contributed by atoms with E-state index in [-0.39, 0.29) is 23.6 Å². The summed E-state index contributed by atoms with van der Waals surface area (Å²) in [6, 6.07) is 2.87. The van der Waals surface area contributed by atoms with Gasteiger partial charge < -0.3 is 10.6 Å². The molecule has 0 unspecified atom stereocenters. The fraction of sp³-hybridized carbons (Fsp3) is 0.538. The van der Waals surface area contributed by atoms with Gasteiger partial charge in [0.25, 0.3) is 0 Å². The second kappa shape index (κ2) is 8.10. The molecule has 0 radical (unpaired) electrons. The molecule has 6 aliphatic rings. The van der Waals surface area contributed by atoms with Crippen LogP contribution in [-0.2, 0) is 4.79 Å². The Morgan fingerprint density at radius 1 is 1.12 bits per heavy atom. The summed E-state index contributed by atoms with van der Waals surface area (Å²) in [5, 5.41) is 6.20. The van der Waals surface area contributed by atoms with Crippen molar-refractivity contribution in [2.45, 2.75) is 51.4 Å². The van der Waals surface area contributed by atoms with E-state index < -0.39 is 17.5 Å². The highest BCUT2D eigenvalue weighted by Gasteiger charge is 2.51. The molecule has 8 heteroatoms. The number of carbonyl (C=O) groups is 2. The Balaban J connectivity index is 1.17. The average molecular weight is 468 g/mol. The zero-order chi connectivity index (χ0) is 23.4. The van der Waals surface area contributed by atoms with Gasteiger partial charge in [0.15, 0.2) is 12.8 Å². The maximum absolute atomic E-state index is 14.1. The molecule has 178 valence electrons. The highest BCUT2D eigenvalue weighted by molar-refractivity contribution is 6.11. The van der Waals surface area contributed by atoms with Gasteiger partial charge in [-0.25, -0.2) is 18.6 Å². The summed E-state index contributed by atoms with van der Waals surface area (Å²) in [6.07, 6.45) is 10.2. The van der Waals surface area contributed by atoms with Crippen molar-refractivity contribution in [3.63, 3.8) is 0 Å². The van der Waals surface area contributed by atoms with Crippen LogP contribution in [0.4, 0.5) is 8.78 Å². The minimum Gasteiger partial charge on any atom is -0.361 e. The maximum Gasteiger partial charge on any atom is 0.422 e. The number of hydrogen-bond acceptors (Lipinski definition) is 4. The van der Waals surface area contributed by atoms with Crippen LogP contribution in [0.15, 0.2) is 34.5 Å². The summed E-state index contributed by atoms with van der Waals surface area (Å²) in [6.45, 7) is 0.567. The fourth-order valence-electron chi connectivity index (χ4n) is 7.48. The van der Waals surface area contributed by atoms with E-state index in [0.717, 1.165) is 41.5 Å². The van der Waals surface area contributed by atoms with Gasteiger partial charge in [0, 0.05) is 18.4 Å². The van der Waals surface area contributed by atoms with Crippen molar-refractivity contribution in [3.8, 4) is 0 Å². The lowest BCUT2D eigenvalue weighted by Gasteiger charge is -2.56. The molecule has 0 saturated heterocycles. The Hall–Kier alpha value is -2.90. The number of amides is 2. The van der Waals surface area contributed by atoms with Crippen LogP contribution in [-0.4, -0.2) is 41.7 Å². The molecular formula is C26H29F2N4O2+. The number of amidine groups is 1. The van der Waals surface area contributed by atoms with Gasteiger partial charge in [-0.05, 0) is 79.9 Å². The number of allylic oxidation sites excluding steroid dienone is 1. The van der Waals surface area contributed by atoms with Gasteiger partial charge in [-0.1, -0.05) is 0 Å². The Morgan fingerprint density at radius 2 is 1.82 bits per heavy atom. The van der Waals surface area contributed by atoms with Crippen molar-refractivity contribution >= 4 is 23.9 Å². The van der Waals surface area contributed by atoms with Crippen molar-refractivity contribution in [1.82, 2.24) is 10.6 Å². The number of nitrogens with zero attached hydrogens (tertiary/aromatic N) is 2. The third-order valence-electron chi connectivity index (χ3n) is 8.38. The zero-order valence-corrected chi connectivity index (χ0v) is 19.1. The van der Waals surface area contributed by atoms with E-state index in [4.69, 9.17) is 0 Å². The van der Waals surface area contributed by atoms with Crippen LogP contribution >= 0.6 is 0 Å². The number of halogens is 2. The van der Waals surface area contributed by atoms with Gasteiger partial charge in [-0.2, -0.15) is 4.58 Å². The Morgan fingerprint density at radius 3 is 2.53 bits per heavy atom. The first-order valence-corrected chi connectivity index (χ1v) is 12.3. The van der Waals surface area contributed by atoms with Crippen LogP contribution in [0.2, 0.25) is 0 Å². The molecule has 0 atom stereocenters. The molecule has 2 N–H and O–H groups in total. The van der Waals surface area contributed by atoms with E-state index >= 15 is 0 Å². The molecule has 2 amide bonds. The monoisotopic (exact) mass is 467 g/mol. The first-order valence-electron chi connectivity index (χ1n) is 12.3. The molecule has 1 aromatic carbocycles. The number of hydrogen-bond donors (Lipinski definition) is 2. The van der Waals surface area contributed by atoms with E-state index in [1.165, 1.54) is 43.1 Å². The third kappa shape index (κ3) is 3.87. The van der Waals surface area contributed by atoms with Crippen LogP contribution in [0.5, 0.6) is 0 Å². The van der Waals surface area contributed by atoms with E-state index in [0.29, 0.717) is 30.9 Å². The Kier molecular flexibility index (Phi) is 5.15. The van der Waals surface area contributed by atoms with Crippen molar-refractivity contribution in [3.05, 3.63) is 46.7 Å². The van der Waals surface area contributed by atoms with Crippen LogP contribution < -0.4 is 10.6 Å². The second-order valence-corrected chi connectivity index (χ2v) is 10.9. The highest BCUT2D eigenvalue weighted by atomic mass is 19.1. The predicted molar refractivity (Wildman–Crippen MR) is 122 cm³/mol. The Bertz CT molecular complexity index is 1130.